The van der Waals surface area contributed by atoms with Crippen LogP contribution in [0.5, 0.6) is 0 Å². The molecule has 5 aromatic carbocycles. The lowest BCUT2D eigenvalue weighted by Crippen LogP contribution is -2.00. The molecule has 0 atom stereocenters. The van der Waals surface area contributed by atoms with Crippen LogP contribution in [0.4, 0.5) is 0 Å². The van der Waals surface area contributed by atoms with E-state index < -0.39 is 0 Å². The summed E-state index contributed by atoms with van der Waals surface area (Å²) in [5.41, 5.74) is 8.11. The lowest BCUT2D eigenvalue weighted by molar-refractivity contribution is 1.07. The van der Waals surface area contributed by atoms with Crippen molar-refractivity contribution in [3.63, 3.8) is 0 Å². The van der Waals surface area contributed by atoms with Crippen LogP contribution in [0, 0.1) is 0 Å². The molecular weight excluding hydrogens is 570 g/mol. The van der Waals surface area contributed by atoms with Crippen LogP contribution < -0.4 is 0 Å². The van der Waals surface area contributed by atoms with Gasteiger partial charge in [-0.3, -0.25) is 0 Å². The van der Waals surface area contributed by atoms with Gasteiger partial charge in [0.2, 0.25) is 0 Å². The van der Waals surface area contributed by atoms with E-state index in [0.29, 0.717) is 17.5 Å². The van der Waals surface area contributed by atoms with Crippen molar-refractivity contribution >= 4 is 27.0 Å². The van der Waals surface area contributed by atoms with Crippen LogP contribution in [0.25, 0.3) is 67.7 Å². The molecule has 2 aromatic heterocycles. The minimum absolute atomic E-state index is 0.613. The summed E-state index contributed by atoms with van der Waals surface area (Å²) in [6.07, 6.45) is 0. The molecule has 0 aliphatic rings. The summed E-state index contributed by atoms with van der Waals surface area (Å²) in [6.45, 7) is 0. The zero-order valence-electron chi connectivity index (χ0n) is 21.8. The fraction of sp³-hybridized carbons (Fsp3) is 0. The van der Waals surface area contributed by atoms with Gasteiger partial charge < -0.3 is 0 Å². The first-order chi connectivity index (χ1) is 20.2. The summed E-state index contributed by atoms with van der Waals surface area (Å²) in [5, 5.41) is 0. The van der Waals surface area contributed by atoms with Crippen LogP contribution in [0.3, 0.4) is 0 Å². The predicted molar refractivity (Wildman–Crippen MR) is 168 cm³/mol. The van der Waals surface area contributed by atoms with Crippen LogP contribution in [0.15, 0.2) is 138 Å². The largest absolute Gasteiger partial charge is 0.244 e. The van der Waals surface area contributed by atoms with Gasteiger partial charge in [-0.25, -0.2) is 24.9 Å². The van der Waals surface area contributed by atoms with Crippen molar-refractivity contribution in [2.24, 2.45) is 0 Å². The monoisotopic (exact) mass is 591 g/mol. The van der Waals surface area contributed by atoms with Gasteiger partial charge in [-0.1, -0.05) is 125 Å². The Bertz CT molecular complexity index is 1920. The van der Waals surface area contributed by atoms with Gasteiger partial charge in [0.15, 0.2) is 17.5 Å². The Labute approximate surface area is 245 Å². The standard InChI is InChI=1S/C35H22BrN5/c36-28-21-19-24(20-22-28)32-31(37-29-13-7-8-14-30(29)38-32)23-15-17-27(18-16-23)35-40-33(25-9-3-1-4-10-25)39-34(41-35)26-11-5-2-6-12-26/h1-22H. The summed E-state index contributed by atoms with van der Waals surface area (Å²) in [7, 11) is 0. The van der Waals surface area contributed by atoms with Gasteiger partial charge >= 0.3 is 0 Å². The Hall–Kier alpha value is -5.07. The average Bonchev–Trinajstić information content (AvgIpc) is 3.05. The first kappa shape index (κ1) is 24.9. The summed E-state index contributed by atoms with van der Waals surface area (Å²) in [5.74, 6) is 1.88. The number of benzene rings is 5. The van der Waals surface area contributed by atoms with E-state index >= 15 is 0 Å². The molecule has 0 amide bonds. The molecule has 0 aliphatic heterocycles. The van der Waals surface area contributed by atoms with Gasteiger partial charge in [-0.15, -0.1) is 0 Å². The zero-order chi connectivity index (χ0) is 27.6. The van der Waals surface area contributed by atoms with E-state index in [1.54, 1.807) is 0 Å². The van der Waals surface area contributed by atoms with Gasteiger partial charge in [0, 0.05) is 32.3 Å². The summed E-state index contributed by atoms with van der Waals surface area (Å²) < 4.78 is 1.02. The number of fused-ring (bicyclic) bond motifs is 1. The maximum atomic E-state index is 5.04. The van der Waals surface area contributed by atoms with E-state index in [0.717, 1.165) is 54.7 Å². The number of halogens is 1. The van der Waals surface area contributed by atoms with Gasteiger partial charge in [0.1, 0.15) is 0 Å². The topological polar surface area (TPSA) is 64.5 Å². The number of para-hydroxylation sites is 2. The highest BCUT2D eigenvalue weighted by Crippen LogP contribution is 2.33. The lowest BCUT2D eigenvalue weighted by Gasteiger charge is -2.12. The SMILES string of the molecule is Brc1ccc(-c2nc3ccccc3nc2-c2ccc(-c3nc(-c4ccccc4)nc(-c4ccccc4)n3)cc2)cc1. The van der Waals surface area contributed by atoms with Gasteiger partial charge in [0.05, 0.1) is 22.4 Å². The Kier molecular flexibility index (Phi) is 6.59. The second-order valence-electron chi connectivity index (χ2n) is 9.53. The predicted octanol–water partition coefficient (Wildman–Crippen LogP) is 8.91. The third-order valence-corrected chi connectivity index (χ3v) is 7.33. The highest BCUT2D eigenvalue weighted by Gasteiger charge is 2.15. The van der Waals surface area contributed by atoms with Crippen molar-refractivity contribution in [3.8, 4) is 56.7 Å². The molecule has 0 saturated carbocycles. The van der Waals surface area contributed by atoms with Gasteiger partial charge in [-0.2, -0.15) is 0 Å². The molecule has 41 heavy (non-hydrogen) atoms. The molecule has 0 spiro atoms. The molecule has 2 heterocycles. The second-order valence-corrected chi connectivity index (χ2v) is 10.4. The highest BCUT2D eigenvalue weighted by atomic mass is 79.9. The van der Waals surface area contributed by atoms with Crippen LogP contribution in [-0.2, 0) is 0 Å². The summed E-state index contributed by atoms with van der Waals surface area (Å²) in [6, 6.07) is 44.3. The number of aromatic nitrogens is 5. The van der Waals surface area contributed by atoms with Crippen LogP contribution >= 0.6 is 15.9 Å². The fourth-order valence-electron chi connectivity index (χ4n) is 4.73. The maximum Gasteiger partial charge on any atom is 0.164 e. The molecule has 0 unspecified atom stereocenters. The average molecular weight is 593 g/mol. The van der Waals surface area contributed by atoms with Crippen molar-refractivity contribution in [2.45, 2.75) is 0 Å². The smallest absolute Gasteiger partial charge is 0.164 e. The van der Waals surface area contributed by atoms with Crippen LogP contribution in [-0.4, -0.2) is 24.9 Å². The minimum atomic E-state index is 0.613. The summed E-state index contributed by atoms with van der Waals surface area (Å²) >= 11 is 3.54. The highest BCUT2D eigenvalue weighted by molar-refractivity contribution is 9.10. The van der Waals surface area contributed by atoms with Crippen LogP contribution in [0.1, 0.15) is 0 Å². The van der Waals surface area contributed by atoms with E-state index in [4.69, 9.17) is 24.9 Å². The molecule has 0 saturated heterocycles. The first-order valence-electron chi connectivity index (χ1n) is 13.2. The Morgan fingerprint density at radius 2 is 0.659 bits per heavy atom. The summed E-state index contributed by atoms with van der Waals surface area (Å²) in [4.78, 5) is 24.6. The molecule has 5 nitrogen and oxygen atoms in total. The van der Waals surface area contributed by atoms with Crippen molar-refractivity contribution < 1.29 is 0 Å². The Morgan fingerprint density at radius 3 is 1.10 bits per heavy atom. The molecule has 7 aromatic rings. The minimum Gasteiger partial charge on any atom is -0.244 e. The van der Waals surface area contributed by atoms with E-state index in [1.807, 2.05) is 109 Å². The third kappa shape index (κ3) is 5.13. The molecule has 0 aliphatic carbocycles. The van der Waals surface area contributed by atoms with E-state index in [-0.39, 0.29) is 0 Å². The normalized spacial score (nSPS) is 11.0. The Morgan fingerprint density at radius 1 is 0.317 bits per heavy atom. The van der Waals surface area contributed by atoms with Crippen molar-refractivity contribution in [1.29, 1.82) is 0 Å². The van der Waals surface area contributed by atoms with Crippen molar-refractivity contribution in [3.05, 3.63) is 138 Å². The number of hydrogen-bond acceptors (Lipinski definition) is 5. The second kappa shape index (κ2) is 10.8. The first-order valence-corrected chi connectivity index (χ1v) is 14.0. The number of nitrogens with zero attached hydrogens (tertiary/aromatic N) is 5. The van der Waals surface area contributed by atoms with Gasteiger partial charge in [0.25, 0.3) is 0 Å². The molecule has 0 fully saturated rings. The van der Waals surface area contributed by atoms with E-state index in [2.05, 4.69) is 40.2 Å². The van der Waals surface area contributed by atoms with Crippen molar-refractivity contribution in [1.82, 2.24) is 24.9 Å². The quantitative estimate of drug-likeness (QED) is 0.200. The lowest BCUT2D eigenvalue weighted by atomic mass is 10.0. The zero-order valence-corrected chi connectivity index (χ0v) is 23.4. The van der Waals surface area contributed by atoms with Crippen LogP contribution in [0.2, 0.25) is 0 Å². The molecule has 0 radical (unpaired) electrons. The van der Waals surface area contributed by atoms with Gasteiger partial charge in [-0.05, 0) is 24.3 Å². The molecule has 0 N–H and O–H groups in total. The number of hydrogen-bond donors (Lipinski definition) is 0. The van der Waals surface area contributed by atoms with E-state index in [1.165, 1.54) is 0 Å². The molecule has 7 rings (SSSR count). The third-order valence-electron chi connectivity index (χ3n) is 6.80. The molecular formula is C35H22BrN5. The Balaban J connectivity index is 1.34. The van der Waals surface area contributed by atoms with E-state index in [9.17, 15) is 0 Å². The number of rotatable bonds is 5. The van der Waals surface area contributed by atoms with Crippen molar-refractivity contribution in [2.75, 3.05) is 0 Å². The molecule has 194 valence electrons. The fourth-order valence-corrected chi connectivity index (χ4v) is 4.99. The molecule has 0 bridgehead atoms. The molecule has 6 heteroatoms. The maximum absolute atomic E-state index is 5.04.